The number of amides is 2. The van der Waals surface area contributed by atoms with E-state index in [-0.39, 0.29) is 53.7 Å². The molecule has 3 aromatic rings. The van der Waals surface area contributed by atoms with Gasteiger partial charge in [-0.3, -0.25) is 18.7 Å². The minimum absolute atomic E-state index is 0. The van der Waals surface area contributed by atoms with E-state index >= 15 is 0 Å². The molecule has 0 spiro atoms. The van der Waals surface area contributed by atoms with E-state index in [1.54, 1.807) is 0 Å². The molecule has 0 saturated heterocycles. The topological polar surface area (TPSA) is 206 Å². The number of nitrogens with two attached hydrogens (primary N) is 1. The van der Waals surface area contributed by atoms with Crippen molar-refractivity contribution in [2.45, 2.75) is 14.7 Å². The SMILES string of the molecule is C=CS(=O)(=O)c1cccc(N2C(=O)c3cc(S(=O)(=O)O)cc4c(N)c(S(=O)(=O)O)cc(c34)C2=O)c1.[Li].[Li]. The molecule has 37 heavy (non-hydrogen) atoms. The van der Waals surface area contributed by atoms with Crippen molar-refractivity contribution < 1.29 is 43.9 Å². The number of carbonyl (C=O) groups is 2. The Morgan fingerprint density at radius 3 is 1.89 bits per heavy atom. The van der Waals surface area contributed by atoms with Gasteiger partial charge >= 0.3 is 0 Å². The van der Waals surface area contributed by atoms with E-state index in [0.29, 0.717) is 10.3 Å². The third kappa shape index (κ3) is 5.15. The van der Waals surface area contributed by atoms with Gasteiger partial charge < -0.3 is 5.73 Å². The van der Waals surface area contributed by atoms with E-state index in [4.69, 9.17) is 5.73 Å². The molecule has 1 heterocycles. The van der Waals surface area contributed by atoms with Crippen LogP contribution in [0.4, 0.5) is 11.4 Å². The van der Waals surface area contributed by atoms with Crippen molar-refractivity contribution in [1.29, 1.82) is 0 Å². The number of nitrogen functional groups attached to an aromatic ring is 1. The van der Waals surface area contributed by atoms with Crippen molar-refractivity contribution >= 4 is 102 Å². The molecule has 184 valence electrons. The summed E-state index contributed by atoms with van der Waals surface area (Å²) >= 11 is 0. The number of sulfone groups is 1. The van der Waals surface area contributed by atoms with Gasteiger partial charge in [0.2, 0.25) is 0 Å². The molecule has 2 radical (unpaired) electrons. The van der Waals surface area contributed by atoms with Crippen LogP contribution in [0.5, 0.6) is 0 Å². The summed E-state index contributed by atoms with van der Waals surface area (Å²) in [5, 5.41) is 0.0367. The maximum absolute atomic E-state index is 13.4. The first kappa shape index (κ1) is 30.8. The van der Waals surface area contributed by atoms with Crippen molar-refractivity contribution in [3.05, 3.63) is 65.6 Å². The Morgan fingerprint density at radius 1 is 0.811 bits per heavy atom. The normalized spacial score (nSPS) is 13.6. The van der Waals surface area contributed by atoms with E-state index in [0.717, 1.165) is 24.3 Å². The molecular weight excluding hydrogens is 538 g/mol. The smallest absolute Gasteiger partial charge is 0.296 e. The van der Waals surface area contributed by atoms with Crippen LogP contribution < -0.4 is 10.6 Å². The largest absolute Gasteiger partial charge is 0.397 e. The second-order valence-corrected chi connectivity index (χ2v) is 12.0. The van der Waals surface area contributed by atoms with Crippen molar-refractivity contribution in [2.75, 3.05) is 10.6 Å². The first-order valence-electron chi connectivity index (χ1n) is 9.29. The average molecular weight is 552 g/mol. The standard InChI is InChI=1S/C20H14N2O10S3.2Li/c1-2-33(25,26)11-5-3-4-10(6-11)22-19(23)14-8-12(34(27,28)29)7-13-17(14)15(20(22)24)9-16(18(13)21)35(30,31)32;;/h2-9H,1,21H2,(H,27,28,29)(H,30,31,32);;. The number of hydrogen-bond acceptors (Lipinski definition) is 9. The molecule has 17 heteroatoms. The van der Waals surface area contributed by atoms with Crippen molar-refractivity contribution in [3.8, 4) is 0 Å². The molecule has 0 fully saturated rings. The summed E-state index contributed by atoms with van der Waals surface area (Å²) in [5.74, 6) is -2.21. The van der Waals surface area contributed by atoms with Gasteiger partial charge in [-0.1, -0.05) is 12.6 Å². The number of rotatable bonds is 5. The molecule has 0 aliphatic carbocycles. The Morgan fingerprint density at radius 2 is 1.38 bits per heavy atom. The van der Waals surface area contributed by atoms with E-state index in [2.05, 4.69) is 6.58 Å². The van der Waals surface area contributed by atoms with Crippen LogP contribution in [0.2, 0.25) is 0 Å². The van der Waals surface area contributed by atoms with Gasteiger partial charge in [0.25, 0.3) is 32.1 Å². The summed E-state index contributed by atoms with van der Waals surface area (Å²) in [4.78, 5) is 25.1. The maximum Gasteiger partial charge on any atom is 0.296 e. The second kappa shape index (κ2) is 10.0. The molecule has 2 amide bonds. The molecule has 0 bridgehead atoms. The second-order valence-electron chi connectivity index (χ2n) is 7.33. The molecule has 0 atom stereocenters. The molecular formula is C20H14Li2N2O10S3. The molecule has 0 saturated carbocycles. The number of carbonyl (C=O) groups excluding carboxylic acids is 2. The van der Waals surface area contributed by atoms with Crippen LogP contribution in [-0.4, -0.2) is 83.9 Å². The third-order valence-corrected chi connectivity index (χ3v) is 8.35. The molecule has 1 aliphatic rings. The Hall–Kier alpha value is -2.44. The first-order valence-corrected chi connectivity index (χ1v) is 13.7. The fourth-order valence-electron chi connectivity index (χ4n) is 3.70. The Kier molecular flexibility index (Phi) is 8.35. The molecule has 0 aromatic heterocycles. The summed E-state index contributed by atoms with van der Waals surface area (Å²) in [5.41, 5.74) is 4.02. The molecule has 4 rings (SSSR count). The number of anilines is 2. The fourth-order valence-corrected chi connectivity index (χ4v) is 5.63. The van der Waals surface area contributed by atoms with Crippen LogP contribution in [0.3, 0.4) is 0 Å². The molecule has 3 aromatic carbocycles. The quantitative estimate of drug-likeness (QED) is 0.175. The van der Waals surface area contributed by atoms with Crippen LogP contribution in [0, 0.1) is 0 Å². The van der Waals surface area contributed by atoms with E-state index in [1.807, 2.05) is 0 Å². The van der Waals surface area contributed by atoms with E-state index in [9.17, 15) is 43.9 Å². The van der Waals surface area contributed by atoms with Crippen molar-refractivity contribution in [2.24, 2.45) is 0 Å². The predicted octanol–water partition coefficient (Wildman–Crippen LogP) is 0.872. The van der Waals surface area contributed by atoms with Gasteiger partial charge in [-0.2, -0.15) is 16.8 Å². The molecule has 0 unspecified atom stereocenters. The zero-order valence-corrected chi connectivity index (χ0v) is 21.7. The maximum atomic E-state index is 13.4. The number of hydrogen-bond donors (Lipinski definition) is 3. The van der Waals surface area contributed by atoms with E-state index < -0.39 is 73.9 Å². The van der Waals surface area contributed by atoms with Gasteiger partial charge in [-0.05, 0) is 36.4 Å². The minimum Gasteiger partial charge on any atom is -0.397 e. The summed E-state index contributed by atoms with van der Waals surface area (Å²) in [6, 6.07) is 6.86. The summed E-state index contributed by atoms with van der Waals surface area (Å²) in [6.07, 6.45) is 0. The number of benzene rings is 3. The molecule has 1 aliphatic heterocycles. The van der Waals surface area contributed by atoms with Crippen molar-refractivity contribution in [1.82, 2.24) is 0 Å². The van der Waals surface area contributed by atoms with Gasteiger partial charge in [-0.25, -0.2) is 13.3 Å². The van der Waals surface area contributed by atoms with Crippen LogP contribution in [0.1, 0.15) is 20.7 Å². The Balaban J connectivity index is 0.00000241. The predicted molar refractivity (Wildman–Crippen MR) is 134 cm³/mol. The van der Waals surface area contributed by atoms with Crippen LogP contribution in [-0.2, 0) is 30.1 Å². The van der Waals surface area contributed by atoms with Crippen LogP contribution in [0.15, 0.2) is 69.1 Å². The summed E-state index contributed by atoms with van der Waals surface area (Å²) < 4.78 is 91.0. The van der Waals surface area contributed by atoms with Gasteiger partial charge in [0.05, 0.1) is 32.3 Å². The monoisotopic (exact) mass is 552 g/mol. The van der Waals surface area contributed by atoms with Gasteiger partial charge in [0, 0.05) is 53.9 Å². The van der Waals surface area contributed by atoms with Crippen LogP contribution in [0.25, 0.3) is 10.8 Å². The Bertz CT molecular complexity index is 1820. The zero-order valence-electron chi connectivity index (χ0n) is 19.2. The zero-order chi connectivity index (χ0) is 26.1. The average Bonchev–Trinajstić information content (AvgIpc) is 2.77. The summed E-state index contributed by atoms with van der Waals surface area (Å²) in [7, 11) is -13.9. The van der Waals surface area contributed by atoms with Gasteiger partial charge in [0.1, 0.15) is 4.90 Å². The minimum atomic E-state index is -5.03. The fraction of sp³-hybridized carbons (Fsp3) is 0. The van der Waals surface area contributed by atoms with Gasteiger partial charge in [-0.15, -0.1) is 0 Å². The molecule has 4 N–H and O–H groups in total. The first-order chi connectivity index (χ1) is 16.1. The van der Waals surface area contributed by atoms with E-state index in [1.165, 1.54) is 18.2 Å². The molecule has 12 nitrogen and oxygen atoms in total. The Labute approximate surface area is 235 Å². The number of imide groups is 1. The van der Waals surface area contributed by atoms with Gasteiger partial charge in [0.15, 0.2) is 9.84 Å². The third-order valence-electron chi connectivity index (χ3n) is 5.28. The van der Waals surface area contributed by atoms with Crippen LogP contribution >= 0.6 is 0 Å². The summed E-state index contributed by atoms with van der Waals surface area (Å²) in [6.45, 7) is 3.20. The number of nitrogens with zero attached hydrogens (tertiary/aromatic N) is 1. The van der Waals surface area contributed by atoms with Crippen molar-refractivity contribution in [3.63, 3.8) is 0 Å².